The van der Waals surface area contributed by atoms with Gasteiger partial charge < -0.3 is 15.4 Å². The lowest BCUT2D eigenvalue weighted by Crippen LogP contribution is -2.42. The molecule has 0 aromatic heterocycles. The van der Waals surface area contributed by atoms with Crippen molar-refractivity contribution in [2.24, 2.45) is 5.73 Å². The zero-order chi connectivity index (χ0) is 22.3. The summed E-state index contributed by atoms with van der Waals surface area (Å²) in [5.74, 6) is -2.68. The summed E-state index contributed by atoms with van der Waals surface area (Å²) < 4.78 is 4.81. The Morgan fingerprint density at radius 2 is 1.58 bits per heavy atom. The second-order valence-electron chi connectivity index (χ2n) is 7.27. The number of nitrogens with zero attached hydrogens (tertiary/aromatic N) is 2. The standard InChI is InChI=1S/C22H19N3O6/c1-31-22(30)17(9-10-18(23)26)24-11-15-14(19(24)27)7-4-8-16(15)25-20(28)12-5-2-3-6-13(12)21(25)29/h2-8,17H,9-11H2,1H3,(H2,23,26)/i25+1. The monoisotopic (exact) mass is 422 g/mol. The van der Waals surface area contributed by atoms with Crippen molar-refractivity contribution in [3.8, 4) is 0 Å². The van der Waals surface area contributed by atoms with E-state index >= 15 is 0 Å². The molecule has 2 aromatic rings. The number of primary amides is 1. The molecular formula is C22H19N3O6. The SMILES string of the molecule is COC(=O)C(CCC(N)=O)N1Cc2c(cccc2[15N]2C(=O)c3ccccc3C2=O)C1=O. The molecule has 9 heteroatoms. The number of hydrogen-bond donors (Lipinski definition) is 1. The molecule has 1 atom stereocenters. The summed E-state index contributed by atoms with van der Waals surface area (Å²) >= 11 is 0. The zero-order valence-corrected chi connectivity index (χ0v) is 16.7. The van der Waals surface area contributed by atoms with Crippen LogP contribution < -0.4 is 10.6 Å². The summed E-state index contributed by atoms with van der Waals surface area (Å²) in [6.07, 6.45) is -0.102. The molecule has 2 aromatic carbocycles. The number of imide groups is 1. The number of hydrogen-bond acceptors (Lipinski definition) is 6. The predicted octanol–water partition coefficient (Wildman–Crippen LogP) is 1.25. The summed E-state index contributed by atoms with van der Waals surface area (Å²) in [5.41, 5.74) is 6.81. The van der Waals surface area contributed by atoms with E-state index in [1.807, 2.05) is 0 Å². The van der Waals surface area contributed by atoms with Gasteiger partial charge in [-0.05, 0) is 30.7 Å². The molecule has 0 radical (unpaired) electrons. The fraction of sp³-hybridized carbons (Fsp3) is 0.227. The lowest BCUT2D eigenvalue weighted by molar-refractivity contribution is -0.146. The van der Waals surface area contributed by atoms with E-state index in [4.69, 9.17) is 10.5 Å². The van der Waals surface area contributed by atoms with E-state index in [1.54, 1.807) is 42.5 Å². The lowest BCUT2D eigenvalue weighted by atomic mass is 10.1. The van der Waals surface area contributed by atoms with Gasteiger partial charge in [-0.1, -0.05) is 18.2 Å². The first-order valence-electron chi connectivity index (χ1n) is 9.62. The van der Waals surface area contributed by atoms with Gasteiger partial charge in [0.15, 0.2) is 0 Å². The quantitative estimate of drug-likeness (QED) is 0.424. The van der Waals surface area contributed by atoms with E-state index in [0.29, 0.717) is 16.7 Å². The van der Waals surface area contributed by atoms with Crippen LogP contribution in [0.2, 0.25) is 0 Å². The topological polar surface area (TPSA) is 127 Å². The first-order valence-corrected chi connectivity index (χ1v) is 9.62. The maximum atomic E-state index is 13.1. The predicted molar refractivity (Wildman–Crippen MR) is 108 cm³/mol. The van der Waals surface area contributed by atoms with Gasteiger partial charge in [0.2, 0.25) is 5.91 Å². The third-order valence-corrected chi connectivity index (χ3v) is 5.52. The number of benzene rings is 2. The lowest BCUT2D eigenvalue weighted by Gasteiger charge is -2.25. The number of carbonyl (C=O) groups excluding carboxylic acids is 5. The van der Waals surface area contributed by atoms with Crippen molar-refractivity contribution in [3.63, 3.8) is 0 Å². The molecule has 158 valence electrons. The van der Waals surface area contributed by atoms with Gasteiger partial charge in [0.25, 0.3) is 17.7 Å². The van der Waals surface area contributed by atoms with Crippen molar-refractivity contribution in [2.75, 3.05) is 12.0 Å². The first kappa shape index (κ1) is 20.3. The second kappa shape index (κ2) is 7.67. The molecule has 0 fully saturated rings. The van der Waals surface area contributed by atoms with E-state index in [0.717, 1.165) is 4.90 Å². The highest BCUT2D eigenvalue weighted by Gasteiger charge is 2.42. The molecular weight excluding hydrogens is 403 g/mol. The van der Waals surface area contributed by atoms with Crippen LogP contribution in [0.3, 0.4) is 0 Å². The Morgan fingerprint density at radius 3 is 2.16 bits per heavy atom. The number of nitrogens with two attached hydrogens (primary N) is 1. The summed E-state index contributed by atoms with van der Waals surface area (Å²) in [6.45, 7) is -0.0176. The van der Waals surface area contributed by atoms with Crippen molar-refractivity contribution < 1.29 is 28.7 Å². The van der Waals surface area contributed by atoms with Crippen molar-refractivity contribution in [3.05, 3.63) is 64.7 Å². The molecule has 2 aliphatic heterocycles. The average Bonchev–Trinajstić information content (AvgIpc) is 3.22. The van der Waals surface area contributed by atoms with Gasteiger partial charge in [-0.15, -0.1) is 0 Å². The van der Waals surface area contributed by atoms with Crippen LogP contribution in [0.4, 0.5) is 5.69 Å². The van der Waals surface area contributed by atoms with Crippen molar-refractivity contribution in [2.45, 2.75) is 25.4 Å². The minimum atomic E-state index is -1.02. The van der Waals surface area contributed by atoms with Crippen LogP contribution in [0, 0.1) is 0 Å². The Labute approximate surface area is 177 Å². The van der Waals surface area contributed by atoms with Gasteiger partial charge in [-0.25, -0.2) is 9.69 Å². The number of rotatable bonds is 6. The van der Waals surface area contributed by atoms with Crippen molar-refractivity contribution in [1.82, 2.24) is 4.90 Å². The van der Waals surface area contributed by atoms with E-state index < -0.39 is 35.6 Å². The minimum absolute atomic E-state index is 0.00405. The molecule has 0 spiro atoms. The van der Waals surface area contributed by atoms with Gasteiger partial charge in [-0.2, -0.15) is 0 Å². The van der Waals surface area contributed by atoms with Gasteiger partial charge in [0, 0.05) is 24.1 Å². The molecule has 31 heavy (non-hydrogen) atoms. The van der Waals surface area contributed by atoms with E-state index in [2.05, 4.69) is 0 Å². The fourth-order valence-corrected chi connectivity index (χ4v) is 4.02. The molecule has 0 saturated carbocycles. The zero-order valence-electron chi connectivity index (χ0n) is 16.7. The molecule has 0 aliphatic carbocycles. The van der Waals surface area contributed by atoms with Crippen LogP contribution in [0.15, 0.2) is 42.5 Å². The second-order valence-corrected chi connectivity index (χ2v) is 7.27. The Balaban J connectivity index is 1.71. The van der Waals surface area contributed by atoms with Crippen LogP contribution in [-0.2, 0) is 20.9 Å². The van der Waals surface area contributed by atoms with Crippen molar-refractivity contribution >= 4 is 35.3 Å². The van der Waals surface area contributed by atoms with Crippen LogP contribution >= 0.6 is 0 Å². The largest absolute Gasteiger partial charge is 0.467 e. The molecule has 0 bridgehead atoms. The maximum absolute atomic E-state index is 13.1. The van der Waals surface area contributed by atoms with Gasteiger partial charge in [0.1, 0.15) is 6.04 Å². The molecule has 2 heterocycles. The molecule has 4 rings (SSSR count). The number of amides is 4. The normalized spacial score (nSPS) is 15.7. The maximum Gasteiger partial charge on any atom is 0.328 e. The van der Waals surface area contributed by atoms with Gasteiger partial charge in [-0.3, -0.25) is 19.2 Å². The Kier molecular flexibility index (Phi) is 5.02. The Morgan fingerprint density at radius 1 is 0.968 bits per heavy atom. The summed E-state index contributed by atoms with van der Waals surface area (Å²) in [7, 11) is 1.19. The average molecular weight is 422 g/mol. The van der Waals surface area contributed by atoms with Crippen LogP contribution in [-0.4, -0.2) is 47.6 Å². The van der Waals surface area contributed by atoms with Gasteiger partial charge >= 0.3 is 5.97 Å². The fourth-order valence-electron chi connectivity index (χ4n) is 4.02. The Bertz CT molecular complexity index is 1110. The molecule has 2 aliphatic rings. The number of anilines is 1. The van der Waals surface area contributed by atoms with E-state index in [9.17, 15) is 24.0 Å². The number of esters is 1. The number of methoxy groups -OCH3 is 1. The van der Waals surface area contributed by atoms with E-state index in [1.165, 1.54) is 12.0 Å². The summed E-state index contributed by atoms with van der Waals surface area (Å²) in [4.78, 5) is 64.8. The highest BCUT2D eigenvalue weighted by atomic mass is 16.5. The van der Waals surface area contributed by atoms with Crippen molar-refractivity contribution in [1.29, 1.82) is 0 Å². The van der Waals surface area contributed by atoms with Crippen LogP contribution in [0.5, 0.6) is 0 Å². The Hall–Kier alpha value is -4.01. The molecule has 9 nitrogen and oxygen atoms in total. The smallest absolute Gasteiger partial charge is 0.328 e. The number of carbonyl (C=O) groups is 5. The third-order valence-electron chi connectivity index (χ3n) is 5.52. The highest BCUT2D eigenvalue weighted by molar-refractivity contribution is 6.34. The van der Waals surface area contributed by atoms with Crippen LogP contribution in [0.1, 0.15) is 49.5 Å². The summed E-state index contributed by atoms with van der Waals surface area (Å²) in [5, 5.41) is 0. The third kappa shape index (κ3) is 3.24. The number of fused-ring (bicyclic) bond motifs is 2. The molecule has 0 saturated heterocycles. The highest BCUT2D eigenvalue weighted by Crippen LogP contribution is 2.37. The number of ether oxygens (including phenoxy) is 1. The van der Waals surface area contributed by atoms with Gasteiger partial charge in [0.05, 0.1) is 23.9 Å². The van der Waals surface area contributed by atoms with Crippen LogP contribution in [0.25, 0.3) is 0 Å². The summed E-state index contributed by atoms with van der Waals surface area (Å²) in [6, 6.07) is 10.2. The molecule has 2 N–H and O–H groups in total. The first-order chi connectivity index (χ1) is 14.8. The molecule has 4 amide bonds. The minimum Gasteiger partial charge on any atom is -0.467 e. The molecule has 1 unspecified atom stereocenters. The van der Waals surface area contributed by atoms with E-state index in [-0.39, 0.29) is 30.6 Å².